The summed E-state index contributed by atoms with van der Waals surface area (Å²) in [6.45, 7) is 1.87. The van der Waals surface area contributed by atoms with Crippen molar-refractivity contribution >= 4 is 11.6 Å². The SMILES string of the molecule is CCc1ccccc1NC(=O)C[C@](O)(c1nccn1C)C(F)(F)F. The third-order valence-corrected chi connectivity index (χ3v) is 3.75. The van der Waals surface area contributed by atoms with Crippen LogP contribution in [0.3, 0.4) is 0 Å². The molecule has 1 heterocycles. The van der Waals surface area contributed by atoms with E-state index in [0.29, 0.717) is 12.1 Å². The number of halogens is 3. The molecule has 24 heavy (non-hydrogen) atoms. The number of carbonyl (C=O) groups excluding carboxylic acids is 1. The monoisotopic (exact) mass is 341 g/mol. The third-order valence-electron chi connectivity index (χ3n) is 3.75. The van der Waals surface area contributed by atoms with Crippen LogP contribution in [0.2, 0.25) is 0 Å². The molecule has 1 atom stereocenters. The highest BCUT2D eigenvalue weighted by molar-refractivity contribution is 5.92. The fourth-order valence-electron chi connectivity index (χ4n) is 2.45. The number of hydrogen-bond acceptors (Lipinski definition) is 3. The highest BCUT2D eigenvalue weighted by atomic mass is 19.4. The maximum absolute atomic E-state index is 13.4. The Morgan fingerprint density at radius 1 is 1.33 bits per heavy atom. The normalized spacial score (nSPS) is 14.2. The number of para-hydroxylation sites is 1. The van der Waals surface area contributed by atoms with E-state index in [1.165, 1.54) is 13.2 Å². The molecule has 8 heteroatoms. The second-order valence-corrected chi connectivity index (χ2v) is 5.46. The summed E-state index contributed by atoms with van der Waals surface area (Å²) in [7, 11) is 1.32. The molecule has 1 amide bonds. The van der Waals surface area contributed by atoms with E-state index in [0.717, 1.165) is 16.3 Å². The van der Waals surface area contributed by atoms with Gasteiger partial charge in [-0.1, -0.05) is 25.1 Å². The second kappa shape index (κ2) is 6.64. The molecule has 0 spiro atoms. The van der Waals surface area contributed by atoms with Crippen molar-refractivity contribution < 1.29 is 23.1 Å². The summed E-state index contributed by atoms with van der Waals surface area (Å²) in [6.07, 6.45) is -3.21. The van der Waals surface area contributed by atoms with E-state index < -0.39 is 29.9 Å². The second-order valence-electron chi connectivity index (χ2n) is 5.46. The number of nitrogens with one attached hydrogen (secondary N) is 1. The Kier molecular flexibility index (Phi) is 4.98. The number of rotatable bonds is 5. The van der Waals surface area contributed by atoms with Crippen molar-refractivity contribution in [2.45, 2.75) is 31.5 Å². The minimum Gasteiger partial charge on any atom is -0.374 e. The van der Waals surface area contributed by atoms with E-state index in [9.17, 15) is 23.1 Å². The highest BCUT2D eigenvalue weighted by Crippen LogP contribution is 2.40. The zero-order valence-corrected chi connectivity index (χ0v) is 13.3. The predicted molar refractivity (Wildman–Crippen MR) is 82.2 cm³/mol. The number of aromatic nitrogens is 2. The number of alkyl halides is 3. The van der Waals surface area contributed by atoms with Crippen molar-refractivity contribution in [3.05, 3.63) is 48.0 Å². The largest absolute Gasteiger partial charge is 0.425 e. The average molecular weight is 341 g/mol. The van der Waals surface area contributed by atoms with Crippen LogP contribution in [0, 0.1) is 0 Å². The number of imidazole rings is 1. The molecule has 0 fully saturated rings. The Bertz CT molecular complexity index is 727. The number of benzene rings is 1. The van der Waals surface area contributed by atoms with Crippen molar-refractivity contribution in [3.8, 4) is 0 Å². The van der Waals surface area contributed by atoms with Crippen LogP contribution >= 0.6 is 0 Å². The lowest BCUT2D eigenvalue weighted by molar-refractivity contribution is -0.270. The molecule has 0 radical (unpaired) electrons. The first-order valence-electron chi connectivity index (χ1n) is 7.33. The zero-order chi connectivity index (χ0) is 18.0. The molecule has 2 aromatic rings. The summed E-state index contributed by atoms with van der Waals surface area (Å²) >= 11 is 0. The molecule has 1 aromatic heterocycles. The van der Waals surface area contributed by atoms with Crippen LogP contribution in [0.15, 0.2) is 36.7 Å². The van der Waals surface area contributed by atoms with Gasteiger partial charge in [0.15, 0.2) is 5.82 Å². The average Bonchev–Trinajstić information content (AvgIpc) is 2.93. The minimum atomic E-state index is -5.05. The van der Waals surface area contributed by atoms with Gasteiger partial charge in [0.25, 0.3) is 0 Å². The van der Waals surface area contributed by atoms with Gasteiger partial charge in [0.1, 0.15) is 0 Å². The maximum atomic E-state index is 13.4. The van der Waals surface area contributed by atoms with Crippen LogP contribution < -0.4 is 5.32 Å². The van der Waals surface area contributed by atoms with Crippen LogP contribution in [0.1, 0.15) is 24.7 Å². The number of hydrogen-bond donors (Lipinski definition) is 2. The Hall–Kier alpha value is -2.35. The molecule has 0 saturated heterocycles. The maximum Gasteiger partial charge on any atom is 0.425 e. The molecule has 0 unspecified atom stereocenters. The molecule has 1 aromatic carbocycles. The molecule has 0 aliphatic rings. The van der Waals surface area contributed by atoms with Crippen LogP contribution in [-0.2, 0) is 23.9 Å². The molecule has 130 valence electrons. The molecule has 0 aliphatic heterocycles. The summed E-state index contributed by atoms with van der Waals surface area (Å²) in [5, 5.41) is 12.6. The van der Waals surface area contributed by atoms with Crippen LogP contribution in [0.5, 0.6) is 0 Å². The van der Waals surface area contributed by atoms with Crippen molar-refractivity contribution in [2.75, 3.05) is 5.32 Å². The van der Waals surface area contributed by atoms with E-state index in [2.05, 4.69) is 10.3 Å². The summed E-state index contributed by atoms with van der Waals surface area (Å²) in [5.41, 5.74) is -2.15. The van der Waals surface area contributed by atoms with Crippen LogP contribution in [0.4, 0.5) is 18.9 Å². The van der Waals surface area contributed by atoms with E-state index in [4.69, 9.17) is 0 Å². The molecular weight excluding hydrogens is 323 g/mol. The van der Waals surface area contributed by atoms with Gasteiger partial charge < -0.3 is 15.0 Å². The van der Waals surface area contributed by atoms with Gasteiger partial charge in [-0.2, -0.15) is 13.2 Å². The Labute approximate surface area is 137 Å². The summed E-state index contributed by atoms with van der Waals surface area (Å²) in [5.74, 6) is -1.58. The molecule has 2 rings (SSSR count). The van der Waals surface area contributed by atoms with E-state index >= 15 is 0 Å². The van der Waals surface area contributed by atoms with Crippen molar-refractivity contribution in [1.82, 2.24) is 9.55 Å². The number of anilines is 1. The number of aliphatic hydroxyl groups is 1. The first kappa shape index (κ1) is 18.0. The molecular formula is C16H18F3N3O2. The lowest BCUT2D eigenvalue weighted by Crippen LogP contribution is -2.46. The predicted octanol–water partition coefficient (Wildman–Crippen LogP) is 2.76. The van der Waals surface area contributed by atoms with Crippen LogP contribution in [-0.4, -0.2) is 26.7 Å². The van der Waals surface area contributed by atoms with Gasteiger partial charge >= 0.3 is 6.18 Å². The molecule has 0 bridgehead atoms. The fourth-order valence-corrected chi connectivity index (χ4v) is 2.45. The van der Waals surface area contributed by atoms with E-state index in [1.807, 2.05) is 6.92 Å². The smallest absolute Gasteiger partial charge is 0.374 e. The van der Waals surface area contributed by atoms with E-state index in [-0.39, 0.29) is 0 Å². The minimum absolute atomic E-state index is 0.425. The molecule has 2 N–H and O–H groups in total. The van der Waals surface area contributed by atoms with Gasteiger partial charge in [0, 0.05) is 25.1 Å². The Morgan fingerprint density at radius 2 is 2.00 bits per heavy atom. The topological polar surface area (TPSA) is 67.2 Å². The van der Waals surface area contributed by atoms with Crippen LogP contribution in [0.25, 0.3) is 0 Å². The number of aryl methyl sites for hydroxylation is 2. The van der Waals surface area contributed by atoms with Gasteiger partial charge in [0.05, 0.1) is 6.42 Å². The van der Waals surface area contributed by atoms with Crippen molar-refractivity contribution in [3.63, 3.8) is 0 Å². The van der Waals surface area contributed by atoms with Gasteiger partial charge in [-0.3, -0.25) is 4.79 Å². The van der Waals surface area contributed by atoms with Gasteiger partial charge in [-0.05, 0) is 18.1 Å². The van der Waals surface area contributed by atoms with Gasteiger partial charge in [-0.25, -0.2) is 4.98 Å². The van der Waals surface area contributed by atoms with Crippen molar-refractivity contribution in [2.24, 2.45) is 7.05 Å². The van der Waals surface area contributed by atoms with Gasteiger partial charge in [-0.15, -0.1) is 0 Å². The first-order chi connectivity index (χ1) is 11.2. The number of carbonyl (C=O) groups is 1. The molecule has 0 aliphatic carbocycles. The van der Waals surface area contributed by atoms with Gasteiger partial charge in [0.2, 0.25) is 11.5 Å². The summed E-state index contributed by atoms with van der Waals surface area (Å²) < 4.78 is 41.3. The lowest BCUT2D eigenvalue weighted by Gasteiger charge is -2.29. The standard InChI is InChI=1S/C16H18F3N3O2/c1-3-11-6-4-5-7-12(11)21-13(23)10-15(24,16(17,18)19)14-20-8-9-22(14)2/h4-9,24H,3,10H2,1-2H3,(H,21,23)/t15-/m0/s1. The zero-order valence-electron chi connectivity index (χ0n) is 13.3. The number of amides is 1. The summed E-state index contributed by atoms with van der Waals surface area (Å²) in [6, 6.07) is 6.81. The highest BCUT2D eigenvalue weighted by Gasteiger charge is 2.58. The molecule has 5 nitrogen and oxygen atoms in total. The Morgan fingerprint density at radius 3 is 2.54 bits per heavy atom. The molecule has 0 saturated carbocycles. The lowest BCUT2D eigenvalue weighted by atomic mass is 9.97. The van der Waals surface area contributed by atoms with E-state index in [1.54, 1.807) is 24.3 Å². The number of nitrogens with zero attached hydrogens (tertiary/aromatic N) is 2. The quantitative estimate of drug-likeness (QED) is 0.879. The van der Waals surface area contributed by atoms with Crippen molar-refractivity contribution in [1.29, 1.82) is 0 Å². The first-order valence-corrected chi connectivity index (χ1v) is 7.33. The third kappa shape index (κ3) is 3.43. The fraction of sp³-hybridized carbons (Fsp3) is 0.375. The Balaban J connectivity index is 2.28. The summed E-state index contributed by atoms with van der Waals surface area (Å²) in [4.78, 5) is 15.7.